The molecule has 3 heteroatoms. The largest absolute Gasteiger partial charge is 0.394 e. The van der Waals surface area contributed by atoms with E-state index in [1.54, 1.807) is 0 Å². The lowest BCUT2D eigenvalue weighted by Crippen LogP contribution is -2.40. The van der Waals surface area contributed by atoms with Crippen molar-refractivity contribution in [3.05, 3.63) is 34.9 Å². The summed E-state index contributed by atoms with van der Waals surface area (Å²) in [4.78, 5) is 2.33. The van der Waals surface area contributed by atoms with Crippen LogP contribution in [0, 0.1) is 6.92 Å². The third-order valence-corrected chi connectivity index (χ3v) is 3.99. The minimum atomic E-state index is 0.0996. The molecule has 0 amide bonds. The smallest absolute Gasteiger partial charge is 0.0628 e. The topological polar surface area (TPSA) is 32.7 Å². The average Bonchev–Trinajstić information content (AvgIpc) is 2.42. The Morgan fingerprint density at radius 2 is 1.95 bits per heavy atom. The van der Waals surface area contributed by atoms with Crippen molar-refractivity contribution in [1.29, 1.82) is 0 Å². The van der Waals surface area contributed by atoms with E-state index in [4.69, 9.17) is 4.74 Å². The zero-order chi connectivity index (χ0) is 13.8. The van der Waals surface area contributed by atoms with Gasteiger partial charge in [-0.25, -0.2) is 0 Å². The second kappa shape index (κ2) is 6.51. The number of ether oxygens (including phenoxy) is 1. The monoisotopic (exact) mass is 263 g/mol. The summed E-state index contributed by atoms with van der Waals surface area (Å²) < 4.78 is 5.40. The van der Waals surface area contributed by atoms with Gasteiger partial charge in [0.2, 0.25) is 0 Å². The fraction of sp³-hybridized carbons (Fsp3) is 0.625. The molecule has 0 saturated carbocycles. The zero-order valence-electron chi connectivity index (χ0n) is 12.2. The predicted molar refractivity (Wildman–Crippen MR) is 77.5 cm³/mol. The van der Waals surface area contributed by atoms with Crippen molar-refractivity contribution < 1.29 is 9.84 Å². The summed E-state index contributed by atoms with van der Waals surface area (Å²) in [7, 11) is 0. The molecule has 1 aromatic carbocycles. The number of hydrogen-bond donors (Lipinski definition) is 1. The van der Waals surface area contributed by atoms with E-state index in [1.165, 1.54) is 16.7 Å². The number of rotatable bonds is 4. The van der Waals surface area contributed by atoms with E-state index in [9.17, 15) is 5.11 Å². The predicted octanol–water partition coefficient (Wildman–Crippen LogP) is 2.48. The van der Waals surface area contributed by atoms with Crippen LogP contribution in [0.5, 0.6) is 0 Å². The maximum Gasteiger partial charge on any atom is 0.0628 e. The van der Waals surface area contributed by atoms with Gasteiger partial charge in [0, 0.05) is 13.1 Å². The molecule has 0 aliphatic carbocycles. The van der Waals surface area contributed by atoms with Crippen molar-refractivity contribution in [2.24, 2.45) is 0 Å². The van der Waals surface area contributed by atoms with Gasteiger partial charge in [-0.3, -0.25) is 4.90 Å². The molecule has 1 unspecified atom stereocenters. The van der Waals surface area contributed by atoms with Gasteiger partial charge in [0.15, 0.2) is 0 Å². The van der Waals surface area contributed by atoms with Crippen LogP contribution >= 0.6 is 0 Å². The van der Waals surface area contributed by atoms with Crippen molar-refractivity contribution in [2.75, 3.05) is 32.9 Å². The number of aliphatic hydroxyl groups is 1. The van der Waals surface area contributed by atoms with Gasteiger partial charge in [-0.05, 0) is 29.5 Å². The summed E-state index contributed by atoms with van der Waals surface area (Å²) in [6, 6.07) is 6.73. The van der Waals surface area contributed by atoms with Gasteiger partial charge in [-0.2, -0.15) is 0 Å². The van der Waals surface area contributed by atoms with Crippen LogP contribution < -0.4 is 0 Å². The average molecular weight is 263 g/mol. The van der Waals surface area contributed by atoms with E-state index in [0.717, 1.165) is 26.3 Å². The van der Waals surface area contributed by atoms with E-state index < -0.39 is 0 Å². The minimum Gasteiger partial charge on any atom is -0.394 e. The van der Waals surface area contributed by atoms with Crippen LogP contribution in [0.15, 0.2) is 18.2 Å². The Hall–Kier alpha value is -0.900. The summed E-state index contributed by atoms with van der Waals surface area (Å²) >= 11 is 0. The molecule has 0 bridgehead atoms. The van der Waals surface area contributed by atoms with E-state index in [2.05, 4.69) is 43.9 Å². The third kappa shape index (κ3) is 3.35. The fourth-order valence-corrected chi connectivity index (χ4v) is 2.68. The molecule has 1 N–H and O–H groups in total. The van der Waals surface area contributed by atoms with E-state index in [-0.39, 0.29) is 12.6 Å². The van der Waals surface area contributed by atoms with Gasteiger partial charge in [-0.1, -0.05) is 32.0 Å². The van der Waals surface area contributed by atoms with Crippen LogP contribution in [0.25, 0.3) is 0 Å². The molecule has 1 aliphatic rings. The number of benzene rings is 1. The Labute approximate surface area is 116 Å². The van der Waals surface area contributed by atoms with E-state index >= 15 is 0 Å². The van der Waals surface area contributed by atoms with Crippen LogP contribution in [0.4, 0.5) is 0 Å². The Morgan fingerprint density at radius 1 is 1.26 bits per heavy atom. The van der Waals surface area contributed by atoms with Crippen molar-refractivity contribution >= 4 is 0 Å². The highest BCUT2D eigenvalue weighted by atomic mass is 16.5. The molecule has 2 rings (SSSR count). The number of nitrogens with zero attached hydrogens (tertiary/aromatic N) is 1. The first-order valence-corrected chi connectivity index (χ1v) is 7.16. The number of aliphatic hydroxyl groups excluding tert-OH is 1. The van der Waals surface area contributed by atoms with Gasteiger partial charge in [0.05, 0.1) is 25.9 Å². The Kier molecular flexibility index (Phi) is 4.97. The first kappa shape index (κ1) is 14.5. The molecule has 1 fully saturated rings. The maximum absolute atomic E-state index is 9.80. The lowest BCUT2D eigenvalue weighted by Gasteiger charge is -2.34. The first-order chi connectivity index (χ1) is 9.13. The van der Waals surface area contributed by atoms with Gasteiger partial charge < -0.3 is 9.84 Å². The molecule has 1 saturated heterocycles. The summed E-state index contributed by atoms with van der Waals surface area (Å²) in [5.41, 5.74) is 3.86. The SMILES string of the molecule is Cc1ccc(C(C)C)cc1C(CO)N1CCOCC1. The van der Waals surface area contributed by atoms with Gasteiger partial charge in [0.1, 0.15) is 0 Å². The van der Waals surface area contributed by atoms with Crippen LogP contribution in [-0.4, -0.2) is 42.9 Å². The minimum absolute atomic E-state index is 0.0996. The van der Waals surface area contributed by atoms with Crippen molar-refractivity contribution in [3.63, 3.8) is 0 Å². The molecule has 1 heterocycles. The third-order valence-electron chi connectivity index (χ3n) is 3.99. The van der Waals surface area contributed by atoms with E-state index in [0.29, 0.717) is 5.92 Å². The highest BCUT2D eigenvalue weighted by molar-refractivity contribution is 5.35. The summed E-state index contributed by atoms with van der Waals surface area (Å²) in [6.07, 6.45) is 0. The van der Waals surface area contributed by atoms with Crippen LogP contribution in [0.1, 0.15) is 42.5 Å². The second-order valence-corrected chi connectivity index (χ2v) is 5.62. The normalized spacial score (nSPS) is 18.8. The van der Waals surface area contributed by atoms with Crippen LogP contribution in [0.2, 0.25) is 0 Å². The summed E-state index contributed by atoms with van der Waals surface area (Å²) in [5.74, 6) is 0.517. The van der Waals surface area contributed by atoms with Gasteiger partial charge in [0.25, 0.3) is 0 Å². The summed E-state index contributed by atoms with van der Waals surface area (Å²) in [5, 5.41) is 9.80. The first-order valence-electron chi connectivity index (χ1n) is 7.16. The standard InChI is InChI=1S/C16H25NO2/c1-12(2)14-5-4-13(3)15(10-14)16(11-18)17-6-8-19-9-7-17/h4-5,10,12,16,18H,6-9,11H2,1-3H3. The second-order valence-electron chi connectivity index (χ2n) is 5.62. The zero-order valence-corrected chi connectivity index (χ0v) is 12.2. The molecular formula is C16H25NO2. The van der Waals surface area contributed by atoms with Crippen LogP contribution in [-0.2, 0) is 4.74 Å². The van der Waals surface area contributed by atoms with Crippen molar-refractivity contribution in [2.45, 2.75) is 32.7 Å². The van der Waals surface area contributed by atoms with Crippen molar-refractivity contribution in [1.82, 2.24) is 4.90 Å². The van der Waals surface area contributed by atoms with Crippen molar-refractivity contribution in [3.8, 4) is 0 Å². The number of hydrogen-bond acceptors (Lipinski definition) is 3. The molecule has 19 heavy (non-hydrogen) atoms. The molecular weight excluding hydrogens is 238 g/mol. The number of morpholine rings is 1. The molecule has 3 nitrogen and oxygen atoms in total. The molecule has 0 radical (unpaired) electrons. The Morgan fingerprint density at radius 3 is 2.53 bits per heavy atom. The van der Waals surface area contributed by atoms with Gasteiger partial charge >= 0.3 is 0 Å². The Balaban J connectivity index is 2.28. The molecule has 1 aliphatic heterocycles. The fourth-order valence-electron chi connectivity index (χ4n) is 2.68. The molecule has 1 atom stereocenters. The molecule has 106 valence electrons. The summed E-state index contributed by atoms with van der Waals surface area (Å²) in [6.45, 7) is 10.0. The number of aryl methyl sites for hydroxylation is 1. The van der Waals surface area contributed by atoms with Gasteiger partial charge in [-0.15, -0.1) is 0 Å². The lowest BCUT2D eigenvalue weighted by atomic mass is 9.93. The lowest BCUT2D eigenvalue weighted by molar-refractivity contribution is 0.00242. The van der Waals surface area contributed by atoms with Crippen LogP contribution in [0.3, 0.4) is 0 Å². The quantitative estimate of drug-likeness (QED) is 0.906. The molecule has 1 aromatic rings. The Bertz CT molecular complexity index is 411. The van der Waals surface area contributed by atoms with E-state index in [1.807, 2.05) is 0 Å². The highest BCUT2D eigenvalue weighted by Gasteiger charge is 2.23. The maximum atomic E-state index is 9.80. The highest BCUT2D eigenvalue weighted by Crippen LogP contribution is 2.27. The molecule has 0 spiro atoms. The molecule has 0 aromatic heterocycles.